The van der Waals surface area contributed by atoms with Crippen LogP contribution in [0.3, 0.4) is 0 Å². The summed E-state index contributed by atoms with van der Waals surface area (Å²) in [5.74, 6) is 0.709. The summed E-state index contributed by atoms with van der Waals surface area (Å²) in [7, 11) is 0. The highest BCUT2D eigenvalue weighted by Crippen LogP contribution is 2.39. The van der Waals surface area contributed by atoms with Crippen LogP contribution < -0.4 is 9.64 Å². The number of halogens is 2. The topological polar surface area (TPSA) is 68.5 Å². The third kappa shape index (κ3) is 3.48. The Morgan fingerprint density at radius 2 is 2.09 bits per heavy atom. The number of aromatic nitrogens is 1. The van der Waals surface area contributed by atoms with Crippen molar-refractivity contribution in [3.05, 3.63) is 56.8 Å². The molecular formula is C15H13Cl2N3O3. The van der Waals surface area contributed by atoms with Gasteiger partial charge in [-0.25, -0.2) is 0 Å². The molecule has 2 aromatic rings. The number of hydrogen-bond donors (Lipinski definition) is 0. The summed E-state index contributed by atoms with van der Waals surface area (Å²) < 4.78 is 5.87. The Morgan fingerprint density at radius 1 is 1.35 bits per heavy atom. The van der Waals surface area contributed by atoms with E-state index in [1.165, 1.54) is 12.1 Å². The zero-order chi connectivity index (χ0) is 16.4. The predicted molar refractivity (Wildman–Crippen MR) is 88.6 cm³/mol. The average Bonchev–Trinajstić information content (AvgIpc) is 2.95. The van der Waals surface area contributed by atoms with Gasteiger partial charge in [0.25, 0.3) is 5.69 Å². The monoisotopic (exact) mass is 353 g/mol. The highest BCUT2D eigenvalue weighted by Gasteiger charge is 2.28. The minimum atomic E-state index is -0.514. The van der Waals surface area contributed by atoms with E-state index in [1.54, 1.807) is 12.4 Å². The van der Waals surface area contributed by atoms with Gasteiger partial charge in [0, 0.05) is 31.3 Å². The van der Waals surface area contributed by atoms with Crippen LogP contribution in [0.2, 0.25) is 10.0 Å². The van der Waals surface area contributed by atoms with Crippen LogP contribution >= 0.6 is 23.2 Å². The Hall–Kier alpha value is -2.05. The molecule has 1 aromatic heterocycles. The first-order valence-corrected chi connectivity index (χ1v) is 7.75. The summed E-state index contributed by atoms with van der Waals surface area (Å²) >= 11 is 12.4. The molecule has 120 valence electrons. The van der Waals surface area contributed by atoms with Gasteiger partial charge in [-0.05, 0) is 12.1 Å². The number of hydrogen-bond acceptors (Lipinski definition) is 5. The lowest BCUT2D eigenvalue weighted by Crippen LogP contribution is -2.25. The Labute approximate surface area is 142 Å². The first-order chi connectivity index (χ1) is 11.0. The molecule has 1 aliphatic rings. The molecular weight excluding hydrogens is 341 g/mol. The highest BCUT2D eigenvalue weighted by molar-refractivity contribution is 6.39. The van der Waals surface area contributed by atoms with Crippen molar-refractivity contribution in [2.45, 2.75) is 12.5 Å². The summed E-state index contributed by atoms with van der Waals surface area (Å²) in [6.45, 7) is 1.31. The molecule has 1 aromatic carbocycles. The van der Waals surface area contributed by atoms with E-state index in [0.29, 0.717) is 24.5 Å². The Balaban J connectivity index is 1.75. The molecule has 0 amide bonds. The molecule has 0 N–H and O–H groups in total. The lowest BCUT2D eigenvalue weighted by atomic mass is 10.2. The van der Waals surface area contributed by atoms with Gasteiger partial charge >= 0.3 is 0 Å². The molecule has 3 rings (SSSR count). The molecule has 0 radical (unpaired) electrons. The minimum absolute atomic E-state index is 0.0125. The van der Waals surface area contributed by atoms with E-state index in [2.05, 4.69) is 4.98 Å². The maximum atomic E-state index is 10.8. The molecule has 1 saturated heterocycles. The predicted octanol–water partition coefficient (Wildman–Crippen LogP) is 3.95. The third-order valence-corrected chi connectivity index (χ3v) is 4.19. The number of nitro groups is 1. The van der Waals surface area contributed by atoms with E-state index in [4.69, 9.17) is 27.9 Å². The second kappa shape index (κ2) is 6.60. The van der Waals surface area contributed by atoms with Crippen molar-refractivity contribution in [1.82, 2.24) is 4.98 Å². The Bertz CT molecular complexity index is 704. The highest BCUT2D eigenvalue weighted by atomic mass is 35.5. The van der Waals surface area contributed by atoms with Crippen LogP contribution in [0.4, 0.5) is 11.4 Å². The second-order valence-electron chi connectivity index (χ2n) is 5.18. The first-order valence-electron chi connectivity index (χ1n) is 6.99. The zero-order valence-electron chi connectivity index (χ0n) is 12.0. The molecule has 0 spiro atoms. The number of rotatable bonds is 4. The maximum absolute atomic E-state index is 10.8. The lowest BCUT2D eigenvalue weighted by Gasteiger charge is -2.21. The summed E-state index contributed by atoms with van der Waals surface area (Å²) in [5, 5.41) is 11.4. The molecule has 1 unspecified atom stereocenters. The van der Waals surface area contributed by atoms with Crippen LogP contribution in [0.15, 0.2) is 36.7 Å². The summed E-state index contributed by atoms with van der Waals surface area (Å²) in [6, 6.07) is 6.30. The Morgan fingerprint density at radius 3 is 2.70 bits per heavy atom. The van der Waals surface area contributed by atoms with E-state index in [0.717, 1.165) is 6.42 Å². The van der Waals surface area contributed by atoms with Gasteiger partial charge in [0.05, 0.1) is 33.4 Å². The molecule has 1 fully saturated rings. The van der Waals surface area contributed by atoms with Crippen LogP contribution in [-0.4, -0.2) is 29.1 Å². The SMILES string of the molecule is O=[N+]([O-])c1cc(Cl)c(N2CCC(Oc3cccnc3)C2)c(Cl)c1. The molecule has 2 heterocycles. The average molecular weight is 354 g/mol. The number of non-ortho nitro benzene ring substituents is 1. The molecule has 1 aliphatic heterocycles. The third-order valence-electron chi connectivity index (χ3n) is 3.61. The van der Waals surface area contributed by atoms with Gasteiger partial charge < -0.3 is 9.64 Å². The Kier molecular flexibility index (Phi) is 4.54. The van der Waals surface area contributed by atoms with E-state index in [-0.39, 0.29) is 21.8 Å². The number of anilines is 1. The van der Waals surface area contributed by atoms with Crippen molar-refractivity contribution < 1.29 is 9.66 Å². The quantitative estimate of drug-likeness (QED) is 0.614. The lowest BCUT2D eigenvalue weighted by molar-refractivity contribution is -0.384. The second-order valence-corrected chi connectivity index (χ2v) is 5.99. The van der Waals surface area contributed by atoms with Crippen molar-refractivity contribution in [2.75, 3.05) is 18.0 Å². The fourth-order valence-electron chi connectivity index (χ4n) is 2.60. The molecule has 6 nitrogen and oxygen atoms in total. The summed E-state index contributed by atoms with van der Waals surface area (Å²) in [4.78, 5) is 16.3. The van der Waals surface area contributed by atoms with Crippen molar-refractivity contribution in [2.24, 2.45) is 0 Å². The van der Waals surface area contributed by atoms with Gasteiger partial charge in [-0.3, -0.25) is 15.1 Å². The standard InChI is InChI=1S/C15H13Cl2N3O3/c16-13-6-10(20(21)22)7-14(17)15(13)19-5-3-12(9-19)23-11-2-1-4-18-8-11/h1-2,4,6-8,12H,3,5,9H2. The molecule has 0 bridgehead atoms. The largest absolute Gasteiger partial charge is 0.487 e. The zero-order valence-corrected chi connectivity index (χ0v) is 13.5. The number of nitro benzene ring substituents is 1. The van der Waals surface area contributed by atoms with E-state index >= 15 is 0 Å². The first kappa shape index (κ1) is 15.8. The van der Waals surface area contributed by atoms with Crippen LogP contribution in [0.5, 0.6) is 5.75 Å². The number of benzene rings is 1. The van der Waals surface area contributed by atoms with Gasteiger partial charge in [-0.1, -0.05) is 23.2 Å². The fourth-order valence-corrected chi connectivity index (χ4v) is 3.31. The van der Waals surface area contributed by atoms with Gasteiger partial charge in [0.2, 0.25) is 0 Å². The van der Waals surface area contributed by atoms with Gasteiger partial charge in [-0.15, -0.1) is 0 Å². The van der Waals surface area contributed by atoms with Gasteiger partial charge in [0.1, 0.15) is 11.9 Å². The number of pyridine rings is 1. The maximum Gasteiger partial charge on any atom is 0.272 e. The van der Waals surface area contributed by atoms with E-state index in [1.807, 2.05) is 17.0 Å². The van der Waals surface area contributed by atoms with Gasteiger partial charge in [0.15, 0.2) is 0 Å². The molecule has 1 atom stereocenters. The van der Waals surface area contributed by atoms with Crippen molar-refractivity contribution in [3.8, 4) is 5.75 Å². The summed E-state index contributed by atoms with van der Waals surface area (Å²) in [5.41, 5.74) is 0.488. The molecule has 8 heteroatoms. The van der Waals surface area contributed by atoms with Crippen LogP contribution in [0.25, 0.3) is 0 Å². The van der Waals surface area contributed by atoms with E-state index in [9.17, 15) is 10.1 Å². The smallest absolute Gasteiger partial charge is 0.272 e. The number of ether oxygens (including phenoxy) is 1. The normalized spacial score (nSPS) is 17.3. The fraction of sp³-hybridized carbons (Fsp3) is 0.267. The van der Waals surface area contributed by atoms with Crippen molar-refractivity contribution >= 4 is 34.6 Å². The number of nitrogens with zero attached hydrogens (tertiary/aromatic N) is 3. The van der Waals surface area contributed by atoms with Crippen LogP contribution in [-0.2, 0) is 0 Å². The van der Waals surface area contributed by atoms with Crippen molar-refractivity contribution in [3.63, 3.8) is 0 Å². The van der Waals surface area contributed by atoms with Gasteiger partial charge in [-0.2, -0.15) is 0 Å². The van der Waals surface area contributed by atoms with Crippen molar-refractivity contribution in [1.29, 1.82) is 0 Å². The molecule has 0 saturated carbocycles. The van der Waals surface area contributed by atoms with E-state index < -0.39 is 4.92 Å². The summed E-state index contributed by atoms with van der Waals surface area (Å²) in [6.07, 6.45) is 4.14. The molecule has 0 aliphatic carbocycles. The minimum Gasteiger partial charge on any atom is -0.487 e. The van der Waals surface area contributed by atoms with Crippen LogP contribution in [0.1, 0.15) is 6.42 Å². The van der Waals surface area contributed by atoms with Crippen LogP contribution in [0, 0.1) is 10.1 Å². The molecule has 23 heavy (non-hydrogen) atoms.